The molecule has 4 nitrogen and oxygen atoms in total. The number of hydrogen-bond donors (Lipinski definition) is 1. The summed E-state index contributed by atoms with van der Waals surface area (Å²) in [4.78, 5) is 28.3. The zero-order valence-corrected chi connectivity index (χ0v) is 17.3. The Morgan fingerprint density at radius 2 is 1.80 bits per heavy atom. The molecule has 154 valence electrons. The van der Waals surface area contributed by atoms with Crippen molar-refractivity contribution in [2.75, 3.05) is 13.1 Å². The van der Waals surface area contributed by atoms with Crippen LogP contribution in [0.5, 0.6) is 0 Å². The Labute approximate surface area is 179 Å². The van der Waals surface area contributed by atoms with E-state index in [0.29, 0.717) is 38.0 Å². The number of nitrogens with one attached hydrogen (secondary N) is 1. The van der Waals surface area contributed by atoms with Crippen molar-refractivity contribution in [3.8, 4) is 10.4 Å². The average Bonchev–Trinajstić information content (AvgIpc) is 3.32. The molecule has 1 saturated heterocycles. The number of hydrogen-bond acceptors (Lipinski definition) is 3. The van der Waals surface area contributed by atoms with Gasteiger partial charge in [0.25, 0.3) is 5.91 Å². The molecule has 6 heteroatoms. The summed E-state index contributed by atoms with van der Waals surface area (Å²) in [7, 11) is 0. The van der Waals surface area contributed by atoms with Gasteiger partial charge < -0.3 is 10.2 Å². The van der Waals surface area contributed by atoms with Gasteiger partial charge in [-0.05, 0) is 59.7 Å². The Morgan fingerprint density at radius 3 is 2.47 bits per heavy atom. The van der Waals surface area contributed by atoms with Gasteiger partial charge in [0.1, 0.15) is 5.82 Å². The number of piperidine rings is 1. The van der Waals surface area contributed by atoms with Crippen LogP contribution in [0.3, 0.4) is 0 Å². The van der Waals surface area contributed by atoms with Crippen molar-refractivity contribution in [2.24, 2.45) is 5.92 Å². The molecule has 1 aromatic heterocycles. The maximum absolute atomic E-state index is 13.2. The number of amides is 2. The number of halogens is 1. The molecule has 1 aliphatic heterocycles. The molecule has 0 atom stereocenters. The molecule has 1 fully saturated rings. The van der Waals surface area contributed by atoms with Crippen molar-refractivity contribution < 1.29 is 14.0 Å². The van der Waals surface area contributed by atoms with E-state index in [4.69, 9.17) is 0 Å². The predicted molar refractivity (Wildman–Crippen MR) is 117 cm³/mol. The summed E-state index contributed by atoms with van der Waals surface area (Å²) in [5.41, 5.74) is 2.52. The third-order valence-corrected chi connectivity index (χ3v) is 6.37. The van der Waals surface area contributed by atoms with Crippen molar-refractivity contribution >= 4 is 23.2 Å². The van der Waals surface area contributed by atoms with E-state index in [0.717, 1.165) is 11.1 Å². The normalized spacial score (nSPS) is 14.5. The summed E-state index contributed by atoms with van der Waals surface area (Å²) in [5.74, 6) is -0.459. The molecule has 2 amide bonds. The fourth-order valence-corrected chi connectivity index (χ4v) is 4.46. The minimum atomic E-state index is -0.308. The van der Waals surface area contributed by atoms with Crippen LogP contribution >= 0.6 is 11.3 Å². The topological polar surface area (TPSA) is 49.4 Å². The lowest BCUT2D eigenvalue weighted by molar-refractivity contribution is -0.126. The predicted octanol–water partition coefficient (Wildman–Crippen LogP) is 4.72. The van der Waals surface area contributed by atoms with Gasteiger partial charge in [0, 0.05) is 36.0 Å². The fourth-order valence-electron chi connectivity index (χ4n) is 3.73. The number of rotatable bonds is 5. The number of benzene rings is 2. The van der Waals surface area contributed by atoms with Crippen LogP contribution in [-0.2, 0) is 11.3 Å². The van der Waals surface area contributed by atoms with Crippen molar-refractivity contribution in [1.82, 2.24) is 10.2 Å². The molecule has 0 radical (unpaired) electrons. The lowest BCUT2D eigenvalue weighted by Gasteiger charge is -2.31. The first kappa shape index (κ1) is 20.3. The lowest BCUT2D eigenvalue weighted by Crippen LogP contribution is -2.42. The number of carbonyl (C=O) groups excluding carboxylic acids is 2. The standard InChI is InChI=1S/C24H23FN2O2S/c25-21-4-1-3-17(15-21)16-26-23(28)19-10-12-27(13-11-19)24(29)20-8-6-18(7-9-20)22-5-2-14-30-22/h1-9,14-15,19H,10-13,16H2,(H,26,28). The Morgan fingerprint density at radius 1 is 1.03 bits per heavy atom. The van der Waals surface area contributed by atoms with Gasteiger partial charge in [-0.2, -0.15) is 0 Å². The molecule has 0 unspecified atom stereocenters. The SMILES string of the molecule is O=C(NCc1cccc(F)c1)C1CCN(C(=O)c2ccc(-c3cccs3)cc2)CC1. The van der Waals surface area contributed by atoms with E-state index in [1.54, 1.807) is 23.5 Å². The van der Waals surface area contributed by atoms with Crippen LogP contribution in [0.25, 0.3) is 10.4 Å². The molecule has 1 N–H and O–H groups in total. The summed E-state index contributed by atoms with van der Waals surface area (Å²) in [6.07, 6.45) is 1.27. The molecule has 1 aliphatic rings. The van der Waals surface area contributed by atoms with Crippen LogP contribution < -0.4 is 5.32 Å². The van der Waals surface area contributed by atoms with Gasteiger partial charge in [0.05, 0.1) is 0 Å². The Kier molecular flexibility index (Phi) is 6.23. The minimum Gasteiger partial charge on any atom is -0.352 e. The molecule has 2 aromatic carbocycles. The van der Waals surface area contributed by atoms with Crippen LogP contribution in [0.4, 0.5) is 4.39 Å². The molecule has 0 aliphatic carbocycles. The van der Waals surface area contributed by atoms with Crippen LogP contribution in [0.2, 0.25) is 0 Å². The second kappa shape index (κ2) is 9.22. The molecular formula is C24H23FN2O2S. The Hall–Kier alpha value is -2.99. The zero-order chi connectivity index (χ0) is 20.9. The summed E-state index contributed by atoms with van der Waals surface area (Å²) >= 11 is 1.67. The molecule has 30 heavy (non-hydrogen) atoms. The zero-order valence-electron chi connectivity index (χ0n) is 16.5. The van der Waals surface area contributed by atoms with Gasteiger partial charge in [0.15, 0.2) is 0 Å². The fraction of sp³-hybridized carbons (Fsp3) is 0.250. The van der Waals surface area contributed by atoms with Crippen molar-refractivity contribution in [3.05, 3.63) is 83.0 Å². The first-order valence-electron chi connectivity index (χ1n) is 10.1. The molecule has 4 rings (SSSR count). The molecule has 0 bridgehead atoms. The second-order valence-electron chi connectivity index (χ2n) is 7.47. The number of thiophene rings is 1. The van der Waals surface area contributed by atoms with Gasteiger partial charge in [-0.25, -0.2) is 4.39 Å². The van der Waals surface area contributed by atoms with Crippen LogP contribution in [0, 0.1) is 11.7 Å². The molecule has 2 heterocycles. The minimum absolute atomic E-state index is 0.00588. The first-order valence-corrected chi connectivity index (χ1v) is 10.9. The Balaban J connectivity index is 1.28. The van der Waals surface area contributed by atoms with Crippen molar-refractivity contribution in [3.63, 3.8) is 0 Å². The van der Waals surface area contributed by atoms with Gasteiger partial charge in [-0.15, -0.1) is 11.3 Å². The Bertz CT molecular complexity index is 1010. The molecular weight excluding hydrogens is 399 g/mol. The smallest absolute Gasteiger partial charge is 0.253 e. The quantitative estimate of drug-likeness (QED) is 0.647. The lowest BCUT2D eigenvalue weighted by atomic mass is 9.95. The summed E-state index contributed by atoms with van der Waals surface area (Å²) in [5, 5.41) is 4.92. The van der Waals surface area contributed by atoms with E-state index < -0.39 is 0 Å². The van der Waals surface area contributed by atoms with Gasteiger partial charge in [-0.1, -0.05) is 30.3 Å². The largest absolute Gasteiger partial charge is 0.352 e. The molecule has 3 aromatic rings. The van der Waals surface area contributed by atoms with Crippen LogP contribution in [-0.4, -0.2) is 29.8 Å². The summed E-state index contributed by atoms with van der Waals surface area (Å²) < 4.78 is 13.2. The van der Waals surface area contributed by atoms with E-state index in [1.165, 1.54) is 17.0 Å². The second-order valence-corrected chi connectivity index (χ2v) is 8.42. The highest BCUT2D eigenvalue weighted by Gasteiger charge is 2.27. The van der Waals surface area contributed by atoms with E-state index in [-0.39, 0.29) is 23.5 Å². The summed E-state index contributed by atoms with van der Waals surface area (Å²) in [6.45, 7) is 1.43. The number of carbonyl (C=O) groups is 2. The van der Waals surface area contributed by atoms with Gasteiger partial charge >= 0.3 is 0 Å². The van der Waals surface area contributed by atoms with Crippen molar-refractivity contribution in [2.45, 2.75) is 19.4 Å². The molecule has 0 spiro atoms. The van der Waals surface area contributed by atoms with E-state index in [2.05, 4.69) is 11.4 Å². The highest BCUT2D eigenvalue weighted by molar-refractivity contribution is 7.13. The van der Waals surface area contributed by atoms with Crippen molar-refractivity contribution in [1.29, 1.82) is 0 Å². The third kappa shape index (κ3) is 4.76. The average molecular weight is 423 g/mol. The third-order valence-electron chi connectivity index (χ3n) is 5.45. The highest BCUT2D eigenvalue weighted by Crippen LogP contribution is 2.25. The highest BCUT2D eigenvalue weighted by atomic mass is 32.1. The number of nitrogens with zero attached hydrogens (tertiary/aromatic N) is 1. The molecule has 0 saturated carbocycles. The van der Waals surface area contributed by atoms with E-state index in [9.17, 15) is 14.0 Å². The van der Waals surface area contributed by atoms with Gasteiger partial charge in [0.2, 0.25) is 5.91 Å². The monoisotopic (exact) mass is 422 g/mol. The van der Waals surface area contributed by atoms with Crippen LogP contribution in [0.15, 0.2) is 66.0 Å². The summed E-state index contributed by atoms with van der Waals surface area (Å²) in [6, 6.07) is 18.0. The van der Waals surface area contributed by atoms with Crippen LogP contribution in [0.1, 0.15) is 28.8 Å². The maximum atomic E-state index is 13.2. The number of likely N-dealkylation sites (tertiary alicyclic amines) is 1. The van der Waals surface area contributed by atoms with Gasteiger partial charge in [-0.3, -0.25) is 9.59 Å². The first-order chi connectivity index (χ1) is 14.6. The van der Waals surface area contributed by atoms with E-state index >= 15 is 0 Å². The van der Waals surface area contributed by atoms with E-state index in [1.807, 2.05) is 40.6 Å². The maximum Gasteiger partial charge on any atom is 0.253 e.